The number of rotatable bonds is 8. The second-order valence-electron chi connectivity index (χ2n) is 8.40. The SMILES string of the molecule is COc1cc(C(C)NC(=O)c2cc(S(=O)(=O)N3CCSCC3)c[nH]2)ccc1OC1CCCC1. The highest BCUT2D eigenvalue weighted by Crippen LogP contribution is 2.34. The molecule has 0 bridgehead atoms. The fourth-order valence-corrected chi connectivity index (χ4v) is 6.76. The largest absolute Gasteiger partial charge is 0.493 e. The predicted octanol–water partition coefficient (Wildman–Crippen LogP) is 3.57. The second-order valence-corrected chi connectivity index (χ2v) is 11.6. The van der Waals surface area contributed by atoms with Crippen LogP contribution >= 0.6 is 11.8 Å². The Morgan fingerprint density at radius 2 is 1.91 bits per heavy atom. The van der Waals surface area contributed by atoms with E-state index < -0.39 is 10.0 Å². The van der Waals surface area contributed by atoms with Crippen molar-refractivity contribution >= 4 is 27.7 Å². The number of thioether (sulfide) groups is 1. The van der Waals surface area contributed by atoms with Crippen LogP contribution in [0, 0.1) is 0 Å². The molecule has 0 radical (unpaired) electrons. The lowest BCUT2D eigenvalue weighted by molar-refractivity contribution is 0.0935. The summed E-state index contributed by atoms with van der Waals surface area (Å²) in [6.45, 7) is 2.84. The smallest absolute Gasteiger partial charge is 0.268 e. The molecule has 1 unspecified atom stereocenters. The number of amides is 1. The van der Waals surface area contributed by atoms with Gasteiger partial charge in [0.05, 0.1) is 19.3 Å². The molecule has 2 aliphatic rings. The minimum Gasteiger partial charge on any atom is -0.493 e. The Kier molecular flexibility index (Phi) is 7.55. The number of hydrogen-bond acceptors (Lipinski definition) is 6. The summed E-state index contributed by atoms with van der Waals surface area (Å²) in [6, 6.07) is 6.75. The van der Waals surface area contributed by atoms with Crippen molar-refractivity contribution in [1.82, 2.24) is 14.6 Å². The van der Waals surface area contributed by atoms with Gasteiger partial charge in [0.15, 0.2) is 11.5 Å². The molecule has 8 nitrogen and oxygen atoms in total. The van der Waals surface area contributed by atoms with E-state index in [9.17, 15) is 13.2 Å². The molecule has 180 valence electrons. The fraction of sp³-hybridized carbons (Fsp3) is 0.522. The van der Waals surface area contributed by atoms with Gasteiger partial charge in [0.1, 0.15) is 10.6 Å². The Labute approximate surface area is 199 Å². The van der Waals surface area contributed by atoms with Gasteiger partial charge >= 0.3 is 0 Å². The number of nitrogens with one attached hydrogen (secondary N) is 2. The first-order chi connectivity index (χ1) is 15.9. The molecule has 1 saturated heterocycles. The number of sulfonamides is 1. The first-order valence-electron chi connectivity index (χ1n) is 11.3. The number of aromatic nitrogens is 1. The third-order valence-electron chi connectivity index (χ3n) is 6.14. The lowest BCUT2D eigenvalue weighted by atomic mass is 10.1. The number of methoxy groups -OCH3 is 1. The van der Waals surface area contributed by atoms with Gasteiger partial charge in [0.2, 0.25) is 10.0 Å². The first kappa shape index (κ1) is 24.0. The van der Waals surface area contributed by atoms with E-state index in [2.05, 4.69) is 10.3 Å². The molecule has 1 atom stereocenters. The molecule has 2 aromatic rings. The molecule has 1 aliphatic carbocycles. The van der Waals surface area contributed by atoms with Crippen molar-refractivity contribution in [1.29, 1.82) is 0 Å². The quantitative estimate of drug-likeness (QED) is 0.583. The van der Waals surface area contributed by atoms with Crippen LogP contribution in [0.4, 0.5) is 0 Å². The van der Waals surface area contributed by atoms with Crippen molar-refractivity contribution in [2.24, 2.45) is 0 Å². The number of ether oxygens (including phenoxy) is 2. The maximum atomic E-state index is 12.8. The summed E-state index contributed by atoms with van der Waals surface area (Å²) >= 11 is 1.74. The number of H-pyrrole nitrogens is 1. The maximum Gasteiger partial charge on any atom is 0.268 e. The molecule has 0 spiro atoms. The van der Waals surface area contributed by atoms with Gasteiger partial charge in [-0.3, -0.25) is 4.79 Å². The summed E-state index contributed by atoms with van der Waals surface area (Å²) in [6.07, 6.45) is 6.10. The summed E-state index contributed by atoms with van der Waals surface area (Å²) in [5.74, 6) is 2.53. The molecule has 2 N–H and O–H groups in total. The van der Waals surface area contributed by atoms with Gasteiger partial charge in [-0.2, -0.15) is 16.1 Å². The Hall–Kier alpha value is -2.17. The zero-order valence-electron chi connectivity index (χ0n) is 19.0. The van der Waals surface area contributed by atoms with Crippen LogP contribution in [0.3, 0.4) is 0 Å². The van der Waals surface area contributed by atoms with Gasteiger partial charge in [0, 0.05) is 30.8 Å². The number of hydrogen-bond donors (Lipinski definition) is 2. The molecule has 1 aromatic carbocycles. The van der Waals surface area contributed by atoms with Crippen molar-refractivity contribution < 1.29 is 22.7 Å². The average Bonchev–Trinajstić information content (AvgIpc) is 3.52. The predicted molar refractivity (Wildman–Crippen MR) is 129 cm³/mol. The van der Waals surface area contributed by atoms with Crippen LogP contribution in [0.1, 0.15) is 54.7 Å². The van der Waals surface area contributed by atoms with Gasteiger partial charge in [-0.1, -0.05) is 6.07 Å². The topological polar surface area (TPSA) is 101 Å². The van der Waals surface area contributed by atoms with Gasteiger partial charge in [-0.15, -0.1) is 0 Å². The number of carbonyl (C=O) groups excluding carboxylic acids is 1. The minimum atomic E-state index is -3.60. The molecule has 1 aliphatic heterocycles. The van der Waals surface area contributed by atoms with Crippen LogP contribution in [0.25, 0.3) is 0 Å². The van der Waals surface area contributed by atoms with Gasteiger partial charge in [-0.25, -0.2) is 8.42 Å². The van der Waals surface area contributed by atoms with Crippen LogP contribution < -0.4 is 14.8 Å². The van der Waals surface area contributed by atoms with E-state index in [0.717, 1.165) is 29.9 Å². The number of nitrogens with zero attached hydrogens (tertiary/aromatic N) is 1. The number of aromatic amines is 1. The van der Waals surface area contributed by atoms with Crippen LogP contribution in [0.2, 0.25) is 0 Å². The summed E-state index contributed by atoms with van der Waals surface area (Å²) in [4.78, 5) is 15.7. The zero-order chi connectivity index (χ0) is 23.4. The van der Waals surface area contributed by atoms with E-state index in [-0.39, 0.29) is 28.6 Å². The molecular formula is C23H31N3O5S2. The molecule has 2 heterocycles. The van der Waals surface area contributed by atoms with E-state index in [0.29, 0.717) is 24.6 Å². The normalized spacial score (nSPS) is 18.7. The van der Waals surface area contributed by atoms with E-state index >= 15 is 0 Å². The summed E-state index contributed by atoms with van der Waals surface area (Å²) in [5, 5.41) is 2.92. The number of carbonyl (C=O) groups is 1. The average molecular weight is 494 g/mol. The van der Waals surface area contributed by atoms with Crippen molar-refractivity contribution in [2.45, 2.75) is 49.6 Å². The molecule has 4 rings (SSSR count). The molecule has 1 aromatic heterocycles. The lowest BCUT2D eigenvalue weighted by Gasteiger charge is -2.24. The Morgan fingerprint density at radius 3 is 2.61 bits per heavy atom. The Morgan fingerprint density at radius 1 is 1.18 bits per heavy atom. The molecule has 33 heavy (non-hydrogen) atoms. The van der Waals surface area contributed by atoms with E-state index in [1.54, 1.807) is 18.9 Å². The van der Waals surface area contributed by atoms with Crippen LogP contribution in [0.15, 0.2) is 35.4 Å². The summed E-state index contributed by atoms with van der Waals surface area (Å²) in [7, 11) is -2.00. The Bertz CT molecular complexity index is 1070. The molecule has 1 amide bonds. The third-order valence-corrected chi connectivity index (χ3v) is 8.96. The van der Waals surface area contributed by atoms with Crippen LogP contribution in [-0.4, -0.2) is 61.4 Å². The zero-order valence-corrected chi connectivity index (χ0v) is 20.6. The second kappa shape index (κ2) is 10.4. The highest BCUT2D eigenvalue weighted by Gasteiger charge is 2.28. The van der Waals surface area contributed by atoms with Crippen LogP contribution in [-0.2, 0) is 10.0 Å². The Balaban J connectivity index is 1.42. The van der Waals surface area contributed by atoms with Crippen LogP contribution in [0.5, 0.6) is 11.5 Å². The number of benzene rings is 1. The maximum absolute atomic E-state index is 12.8. The summed E-state index contributed by atoms with van der Waals surface area (Å²) < 4.78 is 38.7. The lowest BCUT2D eigenvalue weighted by Crippen LogP contribution is -2.37. The van der Waals surface area contributed by atoms with E-state index in [1.807, 2.05) is 25.1 Å². The van der Waals surface area contributed by atoms with Crippen molar-refractivity contribution in [2.75, 3.05) is 31.7 Å². The molecule has 2 fully saturated rings. The van der Waals surface area contributed by atoms with E-state index in [4.69, 9.17) is 9.47 Å². The fourth-order valence-electron chi connectivity index (χ4n) is 4.18. The highest BCUT2D eigenvalue weighted by atomic mass is 32.2. The monoisotopic (exact) mass is 493 g/mol. The highest BCUT2D eigenvalue weighted by molar-refractivity contribution is 7.99. The summed E-state index contributed by atoms with van der Waals surface area (Å²) in [5.41, 5.74) is 1.07. The first-order valence-corrected chi connectivity index (χ1v) is 13.9. The molecule has 1 saturated carbocycles. The molecular weight excluding hydrogens is 462 g/mol. The third kappa shape index (κ3) is 5.50. The van der Waals surface area contributed by atoms with Crippen molar-refractivity contribution in [3.8, 4) is 11.5 Å². The van der Waals surface area contributed by atoms with E-state index in [1.165, 1.54) is 29.4 Å². The van der Waals surface area contributed by atoms with Gasteiger partial charge in [-0.05, 0) is 56.4 Å². The minimum absolute atomic E-state index is 0.113. The van der Waals surface area contributed by atoms with Crippen molar-refractivity contribution in [3.05, 3.63) is 41.7 Å². The van der Waals surface area contributed by atoms with Crippen molar-refractivity contribution in [3.63, 3.8) is 0 Å². The van der Waals surface area contributed by atoms with Gasteiger partial charge in [0.25, 0.3) is 5.91 Å². The standard InChI is InChI=1S/C23H31N3O5S2/c1-16(17-7-8-21(22(13-17)30-2)31-18-5-3-4-6-18)25-23(27)20-14-19(15-24-20)33(28,29)26-9-11-32-12-10-26/h7-8,13-16,18,24H,3-6,9-12H2,1-2H3,(H,25,27). The van der Waals surface area contributed by atoms with Gasteiger partial charge < -0.3 is 19.8 Å². The molecule has 10 heteroatoms.